The molecule has 140 valence electrons. The molecule has 1 N–H and O–H groups in total. The van der Waals surface area contributed by atoms with Gasteiger partial charge in [-0.1, -0.05) is 23.8 Å². The maximum atomic E-state index is 12.5. The van der Waals surface area contributed by atoms with Gasteiger partial charge in [0.2, 0.25) is 5.91 Å². The van der Waals surface area contributed by atoms with Crippen LogP contribution in [0.15, 0.2) is 42.5 Å². The minimum atomic E-state index is -0.466. The predicted molar refractivity (Wildman–Crippen MR) is 107 cm³/mol. The molecule has 0 spiro atoms. The van der Waals surface area contributed by atoms with E-state index in [1.54, 1.807) is 24.3 Å². The Kier molecular flexibility index (Phi) is 5.31. The molecule has 0 bridgehead atoms. The number of fused-ring (bicyclic) bond motifs is 1. The lowest BCUT2D eigenvalue weighted by molar-refractivity contribution is -0.116. The molecule has 3 aromatic rings. The normalized spacial score (nSPS) is 10.8. The number of methoxy groups -OCH3 is 1. The molecule has 0 aliphatic rings. The van der Waals surface area contributed by atoms with E-state index in [1.807, 2.05) is 7.05 Å². The Labute approximate surface area is 158 Å². The van der Waals surface area contributed by atoms with Gasteiger partial charge in [0, 0.05) is 30.1 Å². The zero-order valence-corrected chi connectivity index (χ0v) is 16.1. The molecular weight excluding hydrogens is 340 g/mol. The van der Waals surface area contributed by atoms with Crippen LogP contribution in [-0.4, -0.2) is 23.6 Å². The van der Waals surface area contributed by atoms with Crippen molar-refractivity contribution in [3.8, 4) is 0 Å². The summed E-state index contributed by atoms with van der Waals surface area (Å²) in [5.74, 6) is -0.596. The number of carbonyl (C=O) groups is 2. The number of esters is 1. The molecule has 0 saturated carbocycles. The lowest BCUT2D eigenvalue weighted by Gasteiger charge is -2.10. The molecule has 0 unspecified atom stereocenters. The van der Waals surface area contributed by atoms with Crippen LogP contribution in [0, 0.1) is 13.8 Å². The molecule has 0 fully saturated rings. The first-order valence-electron chi connectivity index (χ1n) is 8.94. The standard InChI is InChI=1S/C22H24N2O3/c1-14-9-11-20-18(13-14)16(15(2)24(20)3)10-12-21(25)23-19-8-6-5-7-17(19)22(26)27-4/h5-9,11,13H,10,12H2,1-4H3,(H,23,25). The number of carbonyl (C=O) groups excluding carboxylic acids is 2. The molecule has 5 heteroatoms. The fourth-order valence-corrected chi connectivity index (χ4v) is 3.41. The zero-order chi connectivity index (χ0) is 19.6. The second-order valence-corrected chi connectivity index (χ2v) is 6.73. The third-order valence-corrected chi connectivity index (χ3v) is 4.99. The fraction of sp³-hybridized carbons (Fsp3) is 0.273. The fourth-order valence-electron chi connectivity index (χ4n) is 3.41. The van der Waals surface area contributed by atoms with Crippen LogP contribution in [0.1, 0.15) is 33.6 Å². The number of nitrogens with one attached hydrogen (secondary N) is 1. The Balaban J connectivity index is 1.78. The number of anilines is 1. The highest BCUT2D eigenvalue weighted by molar-refractivity contribution is 6.01. The van der Waals surface area contributed by atoms with Gasteiger partial charge in [-0.05, 0) is 50.1 Å². The van der Waals surface area contributed by atoms with E-state index in [1.165, 1.54) is 34.8 Å². The molecule has 0 aliphatic carbocycles. The highest BCUT2D eigenvalue weighted by atomic mass is 16.5. The number of nitrogens with zero attached hydrogens (tertiary/aromatic N) is 1. The molecule has 1 aromatic heterocycles. The molecule has 0 saturated heterocycles. The number of rotatable bonds is 5. The van der Waals surface area contributed by atoms with Crippen molar-refractivity contribution in [3.05, 3.63) is 64.8 Å². The molecule has 27 heavy (non-hydrogen) atoms. The van der Waals surface area contributed by atoms with E-state index in [0.29, 0.717) is 24.1 Å². The largest absolute Gasteiger partial charge is 0.465 e. The lowest BCUT2D eigenvalue weighted by Crippen LogP contribution is -2.15. The number of hydrogen-bond acceptors (Lipinski definition) is 3. The van der Waals surface area contributed by atoms with Crippen LogP contribution < -0.4 is 5.32 Å². The van der Waals surface area contributed by atoms with Crippen molar-refractivity contribution < 1.29 is 14.3 Å². The number of aromatic nitrogens is 1. The summed E-state index contributed by atoms with van der Waals surface area (Å²) in [7, 11) is 3.37. The summed E-state index contributed by atoms with van der Waals surface area (Å²) in [4.78, 5) is 24.3. The smallest absolute Gasteiger partial charge is 0.339 e. The van der Waals surface area contributed by atoms with Crippen molar-refractivity contribution in [2.75, 3.05) is 12.4 Å². The summed E-state index contributed by atoms with van der Waals surface area (Å²) in [6, 6.07) is 13.2. The molecule has 0 atom stereocenters. The van der Waals surface area contributed by atoms with Gasteiger partial charge < -0.3 is 14.6 Å². The van der Waals surface area contributed by atoms with Gasteiger partial charge in [0.15, 0.2) is 0 Å². The van der Waals surface area contributed by atoms with E-state index in [9.17, 15) is 9.59 Å². The summed E-state index contributed by atoms with van der Waals surface area (Å²) >= 11 is 0. The highest BCUT2D eigenvalue weighted by Gasteiger charge is 2.16. The first-order chi connectivity index (χ1) is 12.9. The van der Waals surface area contributed by atoms with Crippen LogP contribution in [0.3, 0.4) is 0 Å². The number of para-hydroxylation sites is 1. The van der Waals surface area contributed by atoms with Crippen LogP contribution in [0.5, 0.6) is 0 Å². The summed E-state index contributed by atoms with van der Waals surface area (Å²) in [5, 5.41) is 4.03. The summed E-state index contributed by atoms with van der Waals surface area (Å²) in [6.07, 6.45) is 0.974. The van der Waals surface area contributed by atoms with Crippen LogP contribution in [0.2, 0.25) is 0 Å². The van der Waals surface area contributed by atoms with E-state index in [4.69, 9.17) is 4.74 Å². The van der Waals surface area contributed by atoms with E-state index < -0.39 is 5.97 Å². The maximum absolute atomic E-state index is 12.5. The van der Waals surface area contributed by atoms with Crippen LogP contribution in [0.4, 0.5) is 5.69 Å². The van der Waals surface area contributed by atoms with Crippen molar-refractivity contribution in [3.63, 3.8) is 0 Å². The van der Waals surface area contributed by atoms with Gasteiger partial charge in [-0.2, -0.15) is 0 Å². The molecule has 0 aliphatic heterocycles. The van der Waals surface area contributed by atoms with Gasteiger partial charge >= 0.3 is 5.97 Å². The van der Waals surface area contributed by atoms with Crippen molar-refractivity contribution >= 4 is 28.5 Å². The number of benzene rings is 2. The minimum absolute atomic E-state index is 0.129. The summed E-state index contributed by atoms with van der Waals surface area (Å²) < 4.78 is 6.93. The minimum Gasteiger partial charge on any atom is -0.465 e. The molecular formula is C22H24N2O3. The van der Waals surface area contributed by atoms with Crippen molar-refractivity contribution in [2.45, 2.75) is 26.7 Å². The van der Waals surface area contributed by atoms with Gasteiger partial charge in [0.1, 0.15) is 0 Å². The van der Waals surface area contributed by atoms with Gasteiger partial charge in [-0.25, -0.2) is 4.79 Å². The first-order valence-corrected chi connectivity index (χ1v) is 8.94. The Morgan fingerprint density at radius 1 is 1.11 bits per heavy atom. The van der Waals surface area contributed by atoms with E-state index in [2.05, 4.69) is 41.9 Å². The SMILES string of the molecule is COC(=O)c1ccccc1NC(=O)CCc1c(C)n(C)c2ccc(C)cc12. The van der Waals surface area contributed by atoms with Crippen molar-refractivity contribution in [1.82, 2.24) is 4.57 Å². The molecule has 3 rings (SSSR count). The van der Waals surface area contributed by atoms with E-state index >= 15 is 0 Å². The molecule has 2 aromatic carbocycles. The van der Waals surface area contributed by atoms with Crippen LogP contribution in [0.25, 0.3) is 10.9 Å². The van der Waals surface area contributed by atoms with Gasteiger partial charge in [-0.3, -0.25) is 4.79 Å². The second-order valence-electron chi connectivity index (χ2n) is 6.73. The zero-order valence-electron chi connectivity index (χ0n) is 16.1. The Morgan fingerprint density at radius 3 is 2.59 bits per heavy atom. The van der Waals surface area contributed by atoms with E-state index in [-0.39, 0.29) is 5.91 Å². The highest BCUT2D eigenvalue weighted by Crippen LogP contribution is 2.27. The number of ether oxygens (including phenoxy) is 1. The summed E-state index contributed by atoms with van der Waals surface area (Å²) in [5.41, 5.74) is 5.55. The quantitative estimate of drug-likeness (QED) is 0.692. The Hall–Kier alpha value is -3.08. The van der Waals surface area contributed by atoms with Crippen molar-refractivity contribution in [2.24, 2.45) is 7.05 Å². The topological polar surface area (TPSA) is 60.3 Å². The Bertz CT molecular complexity index is 1020. The predicted octanol–water partition coefficient (Wildman–Crippen LogP) is 4.15. The van der Waals surface area contributed by atoms with Gasteiger partial charge in [0.05, 0.1) is 18.4 Å². The van der Waals surface area contributed by atoms with Crippen molar-refractivity contribution in [1.29, 1.82) is 0 Å². The Morgan fingerprint density at radius 2 is 1.85 bits per heavy atom. The third kappa shape index (κ3) is 3.72. The monoisotopic (exact) mass is 364 g/mol. The first kappa shape index (κ1) is 18.7. The molecule has 1 heterocycles. The average Bonchev–Trinajstić information content (AvgIpc) is 2.89. The number of aryl methyl sites for hydroxylation is 3. The molecule has 0 radical (unpaired) electrons. The van der Waals surface area contributed by atoms with Crippen LogP contribution >= 0.6 is 0 Å². The van der Waals surface area contributed by atoms with E-state index in [0.717, 1.165) is 0 Å². The van der Waals surface area contributed by atoms with Gasteiger partial charge in [0.25, 0.3) is 0 Å². The van der Waals surface area contributed by atoms with Gasteiger partial charge in [-0.15, -0.1) is 0 Å². The molecule has 5 nitrogen and oxygen atoms in total. The average molecular weight is 364 g/mol. The maximum Gasteiger partial charge on any atom is 0.339 e. The second kappa shape index (κ2) is 7.66. The lowest BCUT2D eigenvalue weighted by atomic mass is 10.0. The number of hydrogen-bond donors (Lipinski definition) is 1. The summed E-state index contributed by atoms with van der Waals surface area (Å²) in [6.45, 7) is 4.15. The number of amides is 1. The van der Waals surface area contributed by atoms with Crippen LogP contribution in [-0.2, 0) is 23.0 Å². The third-order valence-electron chi connectivity index (χ3n) is 4.99. The molecule has 1 amide bonds.